The quantitative estimate of drug-likeness (QED) is 0.490. The maximum Gasteiger partial charge on any atom is 0.244 e. The molecule has 0 radical (unpaired) electrons. The van der Waals surface area contributed by atoms with E-state index in [1.54, 1.807) is 19.1 Å². The predicted molar refractivity (Wildman–Crippen MR) is 141 cm³/mol. The van der Waals surface area contributed by atoms with Gasteiger partial charge in [0.15, 0.2) is 0 Å². The van der Waals surface area contributed by atoms with Gasteiger partial charge in [-0.25, -0.2) is 8.42 Å². The minimum atomic E-state index is -3.90. The summed E-state index contributed by atoms with van der Waals surface area (Å²) < 4.78 is 37.2. The molecule has 1 N–H and O–H groups in total. The van der Waals surface area contributed by atoms with Crippen molar-refractivity contribution < 1.29 is 27.5 Å². The molecule has 0 aliphatic rings. The molecule has 0 aromatic heterocycles. The number of anilines is 1. The second-order valence-electron chi connectivity index (χ2n) is 9.55. The van der Waals surface area contributed by atoms with Crippen LogP contribution in [0.3, 0.4) is 0 Å². The Hall–Kier alpha value is -3.27. The molecule has 1 atom stereocenters. The van der Waals surface area contributed by atoms with Crippen LogP contribution in [0.25, 0.3) is 0 Å². The Morgan fingerprint density at radius 3 is 2.19 bits per heavy atom. The Morgan fingerprint density at radius 2 is 1.67 bits per heavy atom. The maximum absolute atomic E-state index is 13.6. The number of nitrogens with zero attached hydrogens (tertiary/aromatic N) is 2. The van der Waals surface area contributed by atoms with Crippen LogP contribution in [0.1, 0.15) is 33.3 Å². The van der Waals surface area contributed by atoms with Crippen molar-refractivity contribution in [3.05, 3.63) is 54.1 Å². The molecule has 198 valence electrons. The molecule has 2 rings (SSSR count). The Balaban J connectivity index is 2.42. The summed E-state index contributed by atoms with van der Waals surface area (Å²) in [6, 6.07) is 13.5. The van der Waals surface area contributed by atoms with E-state index in [1.165, 1.54) is 25.2 Å². The number of ether oxygens (including phenoxy) is 2. The van der Waals surface area contributed by atoms with Crippen LogP contribution in [0, 0.1) is 0 Å². The number of benzene rings is 2. The van der Waals surface area contributed by atoms with Crippen LogP contribution in [-0.4, -0.2) is 70.3 Å². The molecule has 0 aliphatic carbocycles. The third-order valence-corrected chi connectivity index (χ3v) is 6.61. The van der Waals surface area contributed by atoms with Gasteiger partial charge in [-0.1, -0.05) is 30.3 Å². The molecule has 0 spiro atoms. The predicted octanol–water partition coefficient (Wildman–Crippen LogP) is 2.84. The topological polar surface area (TPSA) is 105 Å². The molecule has 1 unspecified atom stereocenters. The molecule has 10 heteroatoms. The van der Waals surface area contributed by atoms with Gasteiger partial charge in [0.25, 0.3) is 0 Å². The maximum atomic E-state index is 13.6. The molecule has 0 fully saturated rings. The van der Waals surface area contributed by atoms with Crippen molar-refractivity contribution in [2.45, 2.75) is 45.7 Å². The largest absolute Gasteiger partial charge is 0.497 e. The molecule has 2 amide bonds. The molecular formula is C26H37N3O6S. The van der Waals surface area contributed by atoms with Crippen molar-refractivity contribution in [2.24, 2.45) is 0 Å². The van der Waals surface area contributed by atoms with Gasteiger partial charge in [0.1, 0.15) is 24.1 Å². The molecule has 2 aromatic carbocycles. The first-order valence-electron chi connectivity index (χ1n) is 11.6. The monoisotopic (exact) mass is 519 g/mol. The van der Waals surface area contributed by atoms with E-state index in [4.69, 9.17) is 9.47 Å². The highest BCUT2D eigenvalue weighted by atomic mass is 32.2. The summed E-state index contributed by atoms with van der Waals surface area (Å²) in [6.45, 7) is 6.93. The van der Waals surface area contributed by atoms with Gasteiger partial charge in [0.2, 0.25) is 21.8 Å². The molecule has 2 aromatic rings. The first kappa shape index (κ1) is 29.0. The number of sulfonamides is 1. The Labute approximate surface area is 214 Å². The van der Waals surface area contributed by atoms with Crippen molar-refractivity contribution >= 4 is 27.5 Å². The highest BCUT2D eigenvalue weighted by Crippen LogP contribution is 2.33. The average Bonchev–Trinajstić information content (AvgIpc) is 2.81. The standard InChI is InChI=1S/C26H37N3O6S/c1-19(25(31)27-26(2,3)4)28(16-15-20-11-9-8-10-12-20)24(30)18-29(36(7,32)33)22-17-21(34-5)13-14-23(22)35-6/h8-14,17,19H,15-16,18H2,1-7H3,(H,27,31). The zero-order valence-corrected chi connectivity index (χ0v) is 22.9. The summed E-state index contributed by atoms with van der Waals surface area (Å²) >= 11 is 0. The van der Waals surface area contributed by atoms with Crippen LogP contribution in [0.5, 0.6) is 11.5 Å². The van der Waals surface area contributed by atoms with Crippen molar-refractivity contribution in [3.8, 4) is 11.5 Å². The minimum Gasteiger partial charge on any atom is -0.497 e. The van der Waals surface area contributed by atoms with Crippen LogP contribution in [0.4, 0.5) is 5.69 Å². The fourth-order valence-corrected chi connectivity index (χ4v) is 4.48. The average molecular weight is 520 g/mol. The van der Waals surface area contributed by atoms with Crippen LogP contribution in [0.15, 0.2) is 48.5 Å². The molecule has 0 saturated heterocycles. The lowest BCUT2D eigenvalue weighted by Crippen LogP contribution is -2.55. The van der Waals surface area contributed by atoms with Gasteiger partial charge in [0.05, 0.1) is 26.2 Å². The molecule has 0 bridgehead atoms. The zero-order valence-electron chi connectivity index (χ0n) is 22.1. The van der Waals surface area contributed by atoms with Gasteiger partial charge < -0.3 is 19.7 Å². The van der Waals surface area contributed by atoms with E-state index >= 15 is 0 Å². The van der Waals surface area contributed by atoms with Crippen molar-refractivity contribution in [3.63, 3.8) is 0 Å². The molecule has 0 aliphatic heterocycles. The summed E-state index contributed by atoms with van der Waals surface area (Å²) in [4.78, 5) is 28.0. The number of amides is 2. The number of methoxy groups -OCH3 is 2. The Morgan fingerprint density at radius 1 is 1.03 bits per heavy atom. The van der Waals surface area contributed by atoms with Gasteiger partial charge in [0, 0.05) is 18.2 Å². The summed E-state index contributed by atoms with van der Waals surface area (Å²) in [6.07, 6.45) is 1.52. The smallest absolute Gasteiger partial charge is 0.244 e. The third-order valence-electron chi connectivity index (χ3n) is 5.48. The summed E-state index contributed by atoms with van der Waals surface area (Å²) in [7, 11) is -1.02. The van der Waals surface area contributed by atoms with Gasteiger partial charge in [-0.15, -0.1) is 0 Å². The van der Waals surface area contributed by atoms with Crippen LogP contribution in [-0.2, 0) is 26.0 Å². The van der Waals surface area contributed by atoms with Gasteiger partial charge in [-0.05, 0) is 51.8 Å². The van der Waals surface area contributed by atoms with Crippen molar-refractivity contribution in [1.82, 2.24) is 10.2 Å². The van der Waals surface area contributed by atoms with Crippen molar-refractivity contribution in [2.75, 3.05) is 37.9 Å². The van der Waals surface area contributed by atoms with E-state index < -0.39 is 34.1 Å². The first-order valence-corrected chi connectivity index (χ1v) is 13.5. The lowest BCUT2D eigenvalue weighted by atomic mass is 10.1. The van der Waals surface area contributed by atoms with E-state index in [2.05, 4.69) is 5.32 Å². The second kappa shape index (κ2) is 12.1. The number of hydrogen-bond donors (Lipinski definition) is 1. The summed E-state index contributed by atoms with van der Waals surface area (Å²) in [5.74, 6) is -0.166. The lowest BCUT2D eigenvalue weighted by molar-refractivity contribution is -0.139. The summed E-state index contributed by atoms with van der Waals surface area (Å²) in [5, 5.41) is 2.90. The molecule has 36 heavy (non-hydrogen) atoms. The van der Waals surface area contributed by atoms with E-state index in [1.807, 2.05) is 51.1 Å². The van der Waals surface area contributed by atoms with Crippen LogP contribution >= 0.6 is 0 Å². The minimum absolute atomic E-state index is 0.169. The number of carbonyl (C=O) groups is 2. The van der Waals surface area contributed by atoms with Crippen LogP contribution in [0.2, 0.25) is 0 Å². The number of carbonyl (C=O) groups excluding carboxylic acids is 2. The van der Waals surface area contributed by atoms with Crippen molar-refractivity contribution in [1.29, 1.82) is 0 Å². The fourth-order valence-electron chi connectivity index (χ4n) is 3.63. The summed E-state index contributed by atoms with van der Waals surface area (Å²) in [5.41, 5.74) is 0.669. The lowest BCUT2D eigenvalue weighted by Gasteiger charge is -2.33. The first-order chi connectivity index (χ1) is 16.8. The molecule has 0 saturated carbocycles. The molecular weight excluding hydrogens is 482 g/mol. The second-order valence-corrected chi connectivity index (χ2v) is 11.5. The normalized spacial score (nSPS) is 12.4. The highest BCUT2D eigenvalue weighted by Gasteiger charge is 2.32. The number of nitrogens with one attached hydrogen (secondary N) is 1. The van der Waals surface area contributed by atoms with E-state index in [-0.39, 0.29) is 23.9 Å². The van der Waals surface area contributed by atoms with Crippen LogP contribution < -0.4 is 19.1 Å². The SMILES string of the molecule is COc1ccc(OC)c(N(CC(=O)N(CCc2ccccc2)C(C)C(=O)NC(C)(C)C)S(C)(=O)=O)c1. The van der Waals surface area contributed by atoms with Gasteiger partial charge >= 0.3 is 0 Å². The highest BCUT2D eigenvalue weighted by molar-refractivity contribution is 7.92. The molecule has 9 nitrogen and oxygen atoms in total. The Kier molecular flexibility index (Phi) is 9.75. The molecule has 0 heterocycles. The number of hydrogen-bond acceptors (Lipinski definition) is 6. The number of rotatable bonds is 11. The van der Waals surface area contributed by atoms with E-state index in [0.717, 1.165) is 16.1 Å². The third kappa shape index (κ3) is 8.15. The van der Waals surface area contributed by atoms with Gasteiger partial charge in [-0.3, -0.25) is 13.9 Å². The van der Waals surface area contributed by atoms with E-state index in [9.17, 15) is 18.0 Å². The fraction of sp³-hybridized carbons (Fsp3) is 0.462. The van der Waals surface area contributed by atoms with E-state index in [0.29, 0.717) is 12.2 Å². The Bertz CT molecular complexity index is 1150. The zero-order chi connectivity index (χ0) is 27.1. The van der Waals surface area contributed by atoms with Gasteiger partial charge in [-0.2, -0.15) is 0 Å².